The molecule has 0 saturated carbocycles. The van der Waals surface area contributed by atoms with Gasteiger partial charge in [-0.1, -0.05) is 12.1 Å². The lowest BCUT2D eigenvalue weighted by molar-refractivity contribution is 0.0956. The molecule has 4 heteroatoms. The van der Waals surface area contributed by atoms with Gasteiger partial charge in [-0.25, -0.2) is 0 Å². The van der Waals surface area contributed by atoms with E-state index < -0.39 is 0 Å². The number of fused-ring (bicyclic) bond motifs is 1. The van der Waals surface area contributed by atoms with Crippen LogP contribution in [0.3, 0.4) is 0 Å². The van der Waals surface area contributed by atoms with E-state index in [1.165, 1.54) is 0 Å². The molecule has 0 saturated heterocycles. The van der Waals surface area contributed by atoms with Gasteiger partial charge in [0.05, 0.1) is 0 Å². The van der Waals surface area contributed by atoms with E-state index in [0.717, 1.165) is 18.4 Å². The van der Waals surface area contributed by atoms with E-state index >= 15 is 0 Å². The maximum atomic E-state index is 12.3. The van der Waals surface area contributed by atoms with Crippen LogP contribution in [0.25, 0.3) is 0 Å². The third-order valence-corrected chi connectivity index (χ3v) is 3.49. The van der Waals surface area contributed by atoms with Crippen LogP contribution in [0.15, 0.2) is 34.7 Å². The molecule has 20 heavy (non-hydrogen) atoms. The lowest BCUT2D eigenvalue weighted by Gasteiger charge is -2.06. The van der Waals surface area contributed by atoms with Crippen molar-refractivity contribution in [2.45, 2.75) is 19.8 Å². The molecule has 1 aromatic heterocycles. The van der Waals surface area contributed by atoms with E-state index in [1.54, 1.807) is 31.2 Å². The van der Waals surface area contributed by atoms with Gasteiger partial charge >= 0.3 is 0 Å². The predicted octanol–water partition coefficient (Wildman–Crippen LogP) is 2.50. The fourth-order valence-corrected chi connectivity index (χ4v) is 2.42. The predicted molar refractivity (Wildman–Crippen MR) is 74.0 cm³/mol. The fourth-order valence-electron chi connectivity index (χ4n) is 2.42. The van der Waals surface area contributed by atoms with Crippen molar-refractivity contribution < 1.29 is 14.0 Å². The van der Waals surface area contributed by atoms with Gasteiger partial charge in [0.1, 0.15) is 5.76 Å². The van der Waals surface area contributed by atoms with Crippen LogP contribution in [-0.2, 0) is 6.42 Å². The fraction of sp³-hybridized carbons (Fsp3) is 0.250. The molecular formula is C16H15NO3. The lowest BCUT2D eigenvalue weighted by Crippen LogP contribution is -2.22. The summed E-state index contributed by atoms with van der Waals surface area (Å²) in [5, 5.41) is 2.84. The molecule has 1 aliphatic heterocycles. The number of hydrogen-bond acceptors (Lipinski definition) is 3. The summed E-state index contributed by atoms with van der Waals surface area (Å²) < 4.78 is 5.35. The summed E-state index contributed by atoms with van der Waals surface area (Å²) in [6, 6.07) is 8.70. The van der Waals surface area contributed by atoms with Crippen molar-refractivity contribution in [3.05, 3.63) is 58.5 Å². The Labute approximate surface area is 116 Å². The Hall–Kier alpha value is -2.36. The van der Waals surface area contributed by atoms with Crippen LogP contribution in [0, 0.1) is 6.92 Å². The zero-order chi connectivity index (χ0) is 14.1. The first kappa shape index (κ1) is 12.7. The number of benzene rings is 1. The van der Waals surface area contributed by atoms with Crippen molar-refractivity contribution in [3.8, 4) is 0 Å². The molecule has 4 nitrogen and oxygen atoms in total. The normalized spacial score (nSPS) is 14.3. The second-order valence-corrected chi connectivity index (χ2v) is 4.97. The largest absolute Gasteiger partial charge is 0.458 e. The average Bonchev–Trinajstić information content (AvgIpc) is 2.80. The van der Waals surface area contributed by atoms with Crippen molar-refractivity contribution in [2.24, 2.45) is 0 Å². The molecule has 1 N–H and O–H groups in total. The summed E-state index contributed by atoms with van der Waals surface area (Å²) in [6.45, 7) is 2.47. The molecule has 0 bridgehead atoms. The van der Waals surface area contributed by atoms with E-state index in [4.69, 9.17) is 4.42 Å². The average molecular weight is 269 g/mol. The molecule has 2 heterocycles. The number of nitrogens with one attached hydrogen (secondary N) is 1. The van der Waals surface area contributed by atoms with Crippen LogP contribution in [0.5, 0.6) is 0 Å². The number of ketones is 1. The number of carbonyl (C=O) groups excluding carboxylic acids is 2. The molecule has 0 fully saturated rings. The molecule has 102 valence electrons. The van der Waals surface area contributed by atoms with E-state index in [-0.39, 0.29) is 11.7 Å². The molecule has 0 atom stereocenters. The first-order valence-corrected chi connectivity index (χ1v) is 6.67. The third-order valence-electron chi connectivity index (χ3n) is 3.49. The Balaban J connectivity index is 1.99. The van der Waals surface area contributed by atoms with Crippen LogP contribution < -0.4 is 5.32 Å². The molecule has 1 aromatic carbocycles. The number of rotatable bonds is 2. The highest BCUT2D eigenvalue weighted by atomic mass is 16.3. The standard InChI is InChI=1S/C16H15NO3/c1-10-4-7-14(20-10)15(18)12-6-5-11-3-2-8-17-16(19)13(11)9-12/h4-7,9H,2-3,8H2,1H3,(H,17,19). The van der Waals surface area contributed by atoms with Gasteiger partial charge in [-0.15, -0.1) is 0 Å². The van der Waals surface area contributed by atoms with Gasteiger partial charge in [-0.3, -0.25) is 9.59 Å². The summed E-state index contributed by atoms with van der Waals surface area (Å²) in [6.07, 6.45) is 1.77. The Bertz CT molecular complexity index is 685. The van der Waals surface area contributed by atoms with Gasteiger partial charge in [0.2, 0.25) is 5.78 Å². The van der Waals surface area contributed by atoms with Crippen LogP contribution in [0.1, 0.15) is 44.2 Å². The van der Waals surface area contributed by atoms with Crippen molar-refractivity contribution in [1.29, 1.82) is 0 Å². The smallest absolute Gasteiger partial charge is 0.251 e. The SMILES string of the molecule is Cc1ccc(C(=O)c2ccc3c(c2)C(=O)NCCC3)o1. The second kappa shape index (κ2) is 4.96. The quantitative estimate of drug-likeness (QED) is 0.852. The summed E-state index contributed by atoms with van der Waals surface area (Å²) in [5.41, 5.74) is 2.07. The zero-order valence-corrected chi connectivity index (χ0v) is 11.2. The second-order valence-electron chi connectivity index (χ2n) is 4.97. The van der Waals surface area contributed by atoms with Crippen molar-refractivity contribution in [1.82, 2.24) is 5.32 Å². The Morgan fingerprint density at radius 3 is 2.85 bits per heavy atom. The molecule has 0 spiro atoms. The maximum Gasteiger partial charge on any atom is 0.251 e. The third kappa shape index (κ3) is 2.25. The van der Waals surface area contributed by atoms with Gasteiger partial charge < -0.3 is 9.73 Å². The molecule has 2 aromatic rings. The van der Waals surface area contributed by atoms with Crippen LogP contribution in [0.4, 0.5) is 0 Å². The van der Waals surface area contributed by atoms with Crippen molar-refractivity contribution in [3.63, 3.8) is 0 Å². The molecular weight excluding hydrogens is 254 g/mol. The molecule has 1 amide bonds. The monoisotopic (exact) mass is 269 g/mol. The van der Waals surface area contributed by atoms with Gasteiger partial charge in [0.25, 0.3) is 5.91 Å². The molecule has 3 rings (SSSR count). The minimum atomic E-state index is -0.196. The Kier molecular flexibility index (Phi) is 3.14. The summed E-state index contributed by atoms with van der Waals surface area (Å²) >= 11 is 0. The van der Waals surface area contributed by atoms with Gasteiger partial charge in [0, 0.05) is 17.7 Å². The lowest BCUT2D eigenvalue weighted by atomic mass is 9.98. The summed E-state index contributed by atoms with van der Waals surface area (Å²) in [4.78, 5) is 24.3. The van der Waals surface area contributed by atoms with E-state index in [1.807, 2.05) is 6.07 Å². The highest BCUT2D eigenvalue weighted by molar-refractivity contribution is 6.09. The highest BCUT2D eigenvalue weighted by Gasteiger charge is 2.19. The Morgan fingerprint density at radius 1 is 1.25 bits per heavy atom. The molecule has 1 aliphatic rings. The topological polar surface area (TPSA) is 59.3 Å². The molecule has 0 unspecified atom stereocenters. The number of hydrogen-bond donors (Lipinski definition) is 1. The van der Waals surface area contributed by atoms with Gasteiger partial charge in [-0.05, 0) is 43.5 Å². The highest BCUT2D eigenvalue weighted by Crippen LogP contribution is 2.19. The van der Waals surface area contributed by atoms with E-state index in [2.05, 4.69) is 5.32 Å². The van der Waals surface area contributed by atoms with Gasteiger partial charge in [-0.2, -0.15) is 0 Å². The number of carbonyl (C=O) groups is 2. The Morgan fingerprint density at radius 2 is 2.10 bits per heavy atom. The molecule has 0 aliphatic carbocycles. The van der Waals surface area contributed by atoms with Crippen molar-refractivity contribution >= 4 is 11.7 Å². The maximum absolute atomic E-state index is 12.3. The first-order valence-electron chi connectivity index (χ1n) is 6.67. The van der Waals surface area contributed by atoms with E-state index in [9.17, 15) is 9.59 Å². The molecule has 0 radical (unpaired) electrons. The zero-order valence-electron chi connectivity index (χ0n) is 11.2. The van der Waals surface area contributed by atoms with Gasteiger partial charge in [0.15, 0.2) is 5.76 Å². The minimum absolute atomic E-state index is 0.109. The number of aryl methyl sites for hydroxylation is 2. The van der Waals surface area contributed by atoms with Crippen LogP contribution in [0.2, 0.25) is 0 Å². The van der Waals surface area contributed by atoms with Crippen molar-refractivity contribution in [2.75, 3.05) is 6.54 Å². The minimum Gasteiger partial charge on any atom is -0.458 e. The number of amides is 1. The summed E-state index contributed by atoms with van der Waals surface area (Å²) in [5.74, 6) is 0.693. The van der Waals surface area contributed by atoms with E-state index in [0.29, 0.717) is 29.2 Å². The first-order chi connectivity index (χ1) is 9.65. The van der Waals surface area contributed by atoms with Crippen LogP contribution >= 0.6 is 0 Å². The summed E-state index contributed by atoms with van der Waals surface area (Å²) in [7, 11) is 0. The number of furan rings is 1. The van der Waals surface area contributed by atoms with Crippen LogP contribution in [-0.4, -0.2) is 18.2 Å².